The summed E-state index contributed by atoms with van der Waals surface area (Å²) >= 11 is 1.76. The summed E-state index contributed by atoms with van der Waals surface area (Å²) < 4.78 is 1.18. The van der Waals surface area contributed by atoms with E-state index in [1.807, 2.05) is 0 Å². The summed E-state index contributed by atoms with van der Waals surface area (Å²) in [6.07, 6.45) is 1.87. The second-order valence-corrected chi connectivity index (χ2v) is 8.78. The van der Waals surface area contributed by atoms with Crippen LogP contribution in [0.3, 0.4) is 0 Å². The van der Waals surface area contributed by atoms with Gasteiger partial charge in [-0.3, -0.25) is 9.59 Å². The first-order chi connectivity index (χ1) is 12.4. The lowest BCUT2D eigenvalue weighted by atomic mass is 9.89. The maximum absolute atomic E-state index is 12.3. The average molecular weight is 372 g/mol. The highest BCUT2D eigenvalue weighted by molar-refractivity contribution is 7.18. The van der Waals surface area contributed by atoms with Gasteiger partial charge in [-0.05, 0) is 43.5 Å². The minimum atomic E-state index is -0.879. The molecule has 0 saturated carbocycles. The zero-order chi connectivity index (χ0) is 18.4. The number of likely N-dealkylation sites (tertiary alicyclic amines) is 2. The number of thiazole rings is 1. The minimum absolute atomic E-state index is 0.101. The second-order valence-electron chi connectivity index (χ2n) is 7.72. The maximum atomic E-state index is 12.3. The molecular formula is C19H24N4O2S. The molecule has 2 atom stereocenters. The number of nitrogens with two attached hydrogens (primary N) is 1. The van der Waals surface area contributed by atoms with Crippen molar-refractivity contribution in [1.29, 1.82) is 0 Å². The van der Waals surface area contributed by atoms with Crippen molar-refractivity contribution in [3.05, 3.63) is 28.8 Å². The summed E-state index contributed by atoms with van der Waals surface area (Å²) in [6, 6.07) is 6.15. The SMILES string of the molecule is C[C@H]1CC[C@H](c2ccc3sc(C4CN(C)C4)nc3c2)N(C(=O)C(N)=O)C1. The van der Waals surface area contributed by atoms with E-state index in [0.717, 1.165) is 37.0 Å². The number of nitrogens with zero attached hydrogens (tertiary/aromatic N) is 3. The summed E-state index contributed by atoms with van der Waals surface area (Å²) in [5.74, 6) is -0.558. The molecule has 26 heavy (non-hydrogen) atoms. The van der Waals surface area contributed by atoms with Crippen molar-refractivity contribution < 1.29 is 9.59 Å². The van der Waals surface area contributed by atoms with Crippen LogP contribution in [0.25, 0.3) is 10.2 Å². The highest BCUT2D eigenvalue weighted by Crippen LogP contribution is 2.37. The topological polar surface area (TPSA) is 79.5 Å². The molecule has 1 aromatic carbocycles. The van der Waals surface area contributed by atoms with Crippen molar-refractivity contribution in [1.82, 2.24) is 14.8 Å². The quantitative estimate of drug-likeness (QED) is 0.819. The third-order valence-corrected chi connectivity index (χ3v) is 6.71. The van der Waals surface area contributed by atoms with Crippen LogP contribution < -0.4 is 5.73 Å². The van der Waals surface area contributed by atoms with E-state index >= 15 is 0 Å². The Morgan fingerprint density at radius 1 is 1.23 bits per heavy atom. The number of likely N-dealkylation sites (N-methyl/N-ethyl adjacent to an activating group) is 1. The van der Waals surface area contributed by atoms with E-state index < -0.39 is 11.8 Å². The molecule has 2 N–H and O–H groups in total. The van der Waals surface area contributed by atoms with E-state index in [1.165, 1.54) is 9.71 Å². The van der Waals surface area contributed by atoms with Gasteiger partial charge in [0, 0.05) is 25.6 Å². The van der Waals surface area contributed by atoms with Gasteiger partial charge in [0.15, 0.2) is 0 Å². The molecule has 3 heterocycles. The van der Waals surface area contributed by atoms with Gasteiger partial charge in [-0.2, -0.15) is 0 Å². The van der Waals surface area contributed by atoms with Crippen molar-refractivity contribution in [2.45, 2.75) is 31.7 Å². The van der Waals surface area contributed by atoms with Crippen LogP contribution in [0.4, 0.5) is 0 Å². The second kappa shape index (κ2) is 6.63. The molecule has 0 spiro atoms. The molecule has 2 saturated heterocycles. The molecule has 2 amide bonds. The Labute approximate surface area is 157 Å². The lowest BCUT2D eigenvalue weighted by molar-refractivity contribution is -0.147. The van der Waals surface area contributed by atoms with E-state index in [2.05, 4.69) is 37.1 Å². The number of hydrogen-bond donors (Lipinski definition) is 1. The van der Waals surface area contributed by atoms with Crippen LogP contribution in [-0.2, 0) is 9.59 Å². The molecule has 0 radical (unpaired) electrons. The zero-order valence-electron chi connectivity index (χ0n) is 15.1. The molecule has 2 aromatic rings. The molecule has 2 aliphatic heterocycles. The summed E-state index contributed by atoms with van der Waals surface area (Å²) in [7, 11) is 2.12. The molecule has 7 heteroatoms. The Hall–Kier alpha value is -1.99. The minimum Gasteiger partial charge on any atom is -0.361 e. The summed E-state index contributed by atoms with van der Waals surface area (Å²) in [4.78, 5) is 32.5. The Morgan fingerprint density at radius 3 is 2.69 bits per heavy atom. The number of aromatic nitrogens is 1. The number of benzene rings is 1. The highest BCUT2D eigenvalue weighted by Gasteiger charge is 2.33. The van der Waals surface area contributed by atoms with Crippen molar-refractivity contribution >= 4 is 33.4 Å². The fraction of sp³-hybridized carbons (Fsp3) is 0.526. The monoisotopic (exact) mass is 372 g/mol. The van der Waals surface area contributed by atoms with Crippen LogP contribution >= 0.6 is 11.3 Å². The van der Waals surface area contributed by atoms with Crippen LogP contribution in [0.2, 0.25) is 0 Å². The number of carbonyl (C=O) groups is 2. The van der Waals surface area contributed by atoms with Crippen LogP contribution in [0, 0.1) is 5.92 Å². The van der Waals surface area contributed by atoms with E-state index in [-0.39, 0.29) is 6.04 Å². The van der Waals surface area contributed by atoms with Gasteiger partial charge in [0.1, 0.15) is 0 Å². The number of amides is 2. The number of fused-ring (bicyclic) bond motifs is 1. The van der Waals surface area contributed by atoms with Crippen molar-refractivity contribution in [2.24, 2.45) is 11.7 Å². The zero-order valence-corrected chi connectivity index (χ0v) is 16.0. The molecule has 4 rings (SSSR count). The van der Waals surface area contributed by atoms with Gasteiger partial charge in [-0.15, -0.1) is 11.3 Å². The fourth-order valence-electron chi connectivity index (χ4n) is 4.06. The van der Waals surface area contributed by atoms with Crippen LogP contribution in [0.5, 0.6) is 0 Å². The molecule has 6 nitrogen and oxygen atoms in total. The molecular weight excluding hydrogens is 348 g/mol. The predicted molar refractivity (Wildman–Crippen MR) is 102 cm³/mol. The Kier molecular flexibility index (Phi) is 4.44. The van der Waals surface area contributed by atoms with Gasteiger partial charge in [-0.25, -0.2) is 4.98 Å². The molecule has 0 aliphatic carbocycles. The number of piperidine rings is 1. The van der Waals surface area contributed by atoms with Gasteiger partial charge >= 0.3 is 11.8 Å². The molecule has 138 valence electrons. The fourth-order valence-corrected chi connectivity index (χ4v) is 5.09. The Balaban J connectivity index is 1.63. The van der Waals surface area contributed by atoms with E-state index in [0.29, 0.717) is 18.4 Å². The molecule has 2 fully saturated rings. The number of hydrogen-bond acceptors (Lipinski definition) is 5. The van der Waals surface area contributed by atoms with Gasteiger partial charge in [-0.1, -0.05) is 13.0 Å². The summed E-state index contributed by atoms with van der Waals surface area (Å²) in [5, 5.41) is 1.19. The third-order valence-electron chi connectivity index (χ3n) is 5.52. The first-order valence-corrected chi connectivity index (χ1v) is 9.93. The smallest absolute Gasteiger partial charge is 0.312 e. The highest BCUT2D eigenvalue weighted by atomic mass is 32.1. The van der Waals surface area contributed by atoms with Crippen LogP contribution in [0.15, 0.2) is 18.2 Å². The van der Waals surface area contributed by atoms with Crippen molar-refractivity contribution in [3.8, 4) is 0 Å². The lowest BCUT2D eigenvalue weighted by Gasteiger charge is -2.38. The molecule has 0 bridgehead atoms. The standard InChI is InChI=1S/C19H24N4O2S/c1-11-3-5-15(23(8-11)19(25)17(20)24)12-4-6-16-14(7-12)21-18(26-16)13-9-22(2)10-13/h4,6-7,11,13,15H,3,5,8-10H2,1-2H3,(H2,20,24)/t11-,15+/m0/s1. The normalized spacial score (nSPS) is 24.6. The van der Waals surface area contributed by atoms with E-state index in [4.69, 9.17) is 10.7 Å². The van der Waals surface area contributed by atoms with E-state index in [1.54, 1.807) is 16.2 Å². The number of carbonyl (C=O) groups excluding carboxylic acids is 2. The number of primary amides is 1. The first-order valence-electron chi connectivity index (χ1n) is 9.11. The molecule has 0 unspecified atom stereocenters. The van der Waals surface area contributed by atoms with Crippen molar-refractivity contribution in [3.63, 3.8) is 0 Å². The average Bonchev–Trinajstić information content (AvgIpc) is 3.00. The first kappa shape index (κ1) is 17.4. The third kappa shape index (κ3) is 3.10. The van der Waals surface area contributed by atoms with Gasteiger partial charge in [0.05, 0.1) is 21.3 Å². The molecule has 1 aromatic heterocycles. The number of rotatable bonds is 2. The largest absolute Gasteiger partial charge is 0.361 e. The summed E-state index contributed by atoms with van der Waals surface area (Å²) in [5.41, 5.74) is 7.30. The molecule has 2 aliphatic rings. The van der Waals surface area contributed by atoms with E-state index in [9.17, 15) is 9.59 Å². The summed E-state index contributed by atoms with van der Waals surface area (Å²) in [6.45, 7) is 4.80. The van der Waals surface area contributed by atoms with Gasteiger partial charge < -0.3 is 15.5 Å². The lowest BCUT2D eigenvalue weighted by Crippen LogP contribution is -2.46. The maximum Gasteiger partial charge on any atom is 0.312 e. The van der Waals surface area contributed by atoms with Gasteiger partial charge in [0.25, 0.3) is 0 Å². The Morgan fingerprint density at radius 2 is 2.00 bits per heavy atom. The van der Waals surface area contributed by atoms with Crippen molar-refractivity contribution in [2.75, 3.05) is 26.7 Å². The predicted octanol–water partition coefficient (Wildman–Crippen LogP) is 2.11. The van der Waals surface area contributed by atoms with Crippen LogP contribution in [0.1, 0.15) is 42.3 Å². The Bertz CT molecular complexity index is 858. The van der Waals surface area contributed by atoms with Gasteiger partial charge in [0.2, 0.25) is 0 Å². The van der Waals surface area contributed by atoms with Crippen LogP contribution in [-0.4, -0.2) is 53.3 Å².